The minimum Gasteiger partial charge on any atom is -0.336 e. The molecular weight excluding hydrogens is 344 g/mol. The van der Waals surface area contributed by atoms with Crippen molar-refractivity contribution in [3.05, 3.63) is 51.2 Å². The second kappa shape index (κ2) is 7.36. The van der Waals surface area contributed by atoms with Gasteiger partial charge >= 0.3 is 0 Å². The smallest absolute Gasteiger partial charge is 0.256 e. The van der Waals surface area contributed by atoms with Gasteiger partial charge in [-0.25, -0.2) is 0 Å². The molecular formula is C18H21ClN2O2S. The molecule has 2 aromatic rings. The summed E-state index contributed by atoms with van der Waals surface area (Å²) in [5.74, 6) is -0.278. The third-order valence-electron chi connectivity index (χ3n) is 3.46. The van der Waals surface area contributed by atoms with E-state index in [1.54, 1.807) is 36.2 Å². The van der Waals surface area contributed by atoms with Crippen LogP contribution in [0, 0.1) is 5.41 Å². The van der Waals surface area contributed by atoms with E-state index in [9.17, 15) is 9.59 Å². The summed E-state index contributed by atoms with van der Waals surface area (Å²) in [6, 6.07) is 10.8. The van der Waals surface area contributed by atoms with Gasteiger partial charge in [0.1, 0.15) is 0 Å². The maximum atomic E-state index is 12.8. The van der Waals surface area contributed by atoms with Crippen molar-refractivity contribution in [3.63, 3.8) is 0 Å². The van der Waals surface area contributed by atoms with Crippen LogP contribution in [-0.4, -0.2) is 23.8 Å². The van der Waals surface area contributed by atoms with E-state index in [0.717, 1.165) is 4.88 Å². The van der Waals surface area contributed by atoms with E-state index in [1.165, 1.54) is 11.3 Å². The number of nitrogens with zero attached hydrogens (tertiary/aromatic N) is 1. The first-order valence-electron chi connectivity index (χ1n) is 7.58. The fourth-order valence-corrected chi connectivity index (χ4v) is 3.18. The summed E-state index contributed by atoms with van der Waals surface area (Å²) < 4.78 is 0.698. The van der Waals surface area contributed by atoms with E-state index in [1.807, 2.05) is 32.9 Å². The number of benzene rings is 1. The number of halogens is 1. The molecule has 128 valence electrons. The monoisotopic (exact) mass is 364 g/mol. The fourth-order valence-electron chi connectivity index (χ4n) is 2.04. The number of nitrogens with one attached hydrogen (secondary N) is 1. The third kappa shape index (κ3) is 4.58. The molecule has 24 heavy (non-hydrogen) atoms. The van der Waals surface area contributed by atoms with Crippen molar-refractivity contribution in [2.24, 2.45) is 5.41 Å². The quantitative estimate of drug-likeness (QED) is 0.857. The minimum atomic E-state index is -0.532. The Hall–Kier alpha value is -1.85. The number of amides is 2. The van der Waals surface area contributed by atoms with E-state index < -0.39 is 5.41 Å². The van der Waals surface area contributed by atoms with Gasteiger partial charge in [0, 0.05) is 17.3 Å². The first kappa shape index (κ1) is 18.5. The maximum Gasteiger partial charge on any atom is 0.256 e. The van der Waals surface area contributed by atoms with Gasteiger partial charge in [0.15, 0.2) is 0 Å². The zero-order chi connectivity index (χ0) is 17.9. The zero-order valence-corrected chi connectivity index (χ0v) is 15.8. The highest BCUT2D eigenvalue weighted by Gasteiger charge is 2.24. The Bertz CT molecular complexity index is 749. The van der Waals surface area contributed by atoms with Gasteiger partial charge in [0.2, 0.25) is 5.91 Å². The third-order valence-corrected chi connectivity index (χ3v) is 4.67. The van der Waals surface area contributed by atoms with Crippen molar-refractivity contribution >= 4 is 40.4 Å². The average molecular weight is 365 g/mol. The second-order valence-corrected chi connectivity index (χ2v) is 8.42. The average Bonchev–Trinajstić information content (AvgIpc) is 2.91. The summed E-state index contributed by atoms with van der Waals surface area (Å²) in [7, 11) is 1.73. The number of rotatable bonds is 4. The Kier molecular flexibility index (Phi) is 5.67. The van der Waals surface area contributed by atoms with Crippen molar-refractivity contribution in [1.29, 1.82) is 0 Å². The molecule has 0 spiro atoms. The molecule has 0 aliphatic rings. The Morgan fingerprint density at radius 3 is 2.42 bits per heavy atom. The van der Waals surface area contributed by atoms with Crippen LogP contribution < -0.4 is 5.32 Å². The molecule has 0 saturated carbocycles. The minimum absolute atomic E-state index is 0.129. The summed E-state index contributed by atoms with van der Waals surface area (Å²) in [4.78, 5) is 27.6. The molecule has 4 nitrogen and oxygen atoms in total. The van der Waals surface area contributed by atoms with E-state index in [4.69, 9.17) is 11.6 Å². The number of hydrogen-bond donors (Lipinski definition) is 1. The normalized spacial score (nSPS) is 11.2. The van der Waals surface area contributed by atoms with E-state index in [-0.39, 0.29) is 11.8 Å². The van der Waals surface area contributed by atoms with Gasteiger partial charge in [-0.3, -0.25) is 9.59 Å². The lowest BCUT2D eigenvalue weighted by molar-refractivity contribution is -0.123. The molecule has 0 unspecified atom stereocenters. The molecule has 6 heteroatoms. The highest BCUT2D eigenvalue weighted by Crippen LogP contribution is 2.25. The van der Waals surface area contributed by atoms with E-state index in [2.05, 4.69) is 5.32 Å². The predicted molar refractivity (Wildman–Crippen MR) is 99.7 cm³/mol. The van der Waals surface area contributed by atoms with Crippen LogP contribution in [0.4, 0.5) is 5.69 Å². The van der Waals surface area contributed by atoms with Crippen molar-refractivity contribution in [2.75, 3.05) is 12.4 Å². The van der Waals surface area contributed by atoms with Gasteiger partial charge < -0.3 is 10.2 Å². The number of carbonyl (C=O) groups is 2. The highest BCUT2D eigenvalue weighted by molar-refractivity contribution is 7.16. The van der Waals surface area contributed by atoms with Crippen LogP contribution in [0.5, 0.6) is 0 Å². The van der Waals surface area contributed by atoms with Gasteiger partial charge in [0.05, 0.1) is 22.1 Å². The first-order valence-corrected chi connectivity index (χ1v) is 8.78. The standard InChI is InChI=1S/C18H21ClN2O2S/c1-18(2,3)17(23)20-14-8-6-5-7-13(14)16(22)21(4)11-12-9-10-15(19)24-12/h5-10H,11H2,1-4H3,(H,20,23). The van der Waals surface area contributed by atoms with Crippen LogP contribution in [0.15, 0.2) is 36.4 Å². The maximum absolute atomic E-state index is 12.8. The second-order valence-electron chi connectivity index (χ2n) is 6.62. The molecule has 2 amide bonds. The molecule has 0 atom stereocenters. The van der Waals surface area contributed by atoms with Crippen molar-refractivity contribution in [2.45, 2.75) is 27.3 Å². The summed E-state index contributed by atoms with van der Waals surface area (Å²) in [6.45, 7) is 5.97. The van der Waals surface area contributed by atoms with E-state index >= 15 is 0 Å². The fraction of sp³-hybridized carbons (Fsp3) is 0.333. The van der Waals surface area contributed by atoms with Crippen LogP contribution in [0.1, 0.15) is 36.0 Å². The first-order chi connectivity index (χ1) is 11.2. The molecule has 1 heterocycles. The largest absolute Gasteiger partial charge is 0.336 e. The van der Waals surface area contributed by atoms with Crippen LogP contribution in [0.3, 0.4) is 0 Å². The molecule has 0 fully saturated rings. The lowest BCUT2D eigenvalue weighted by Gasteiger charge is -2.21. The summed E-state index contributed by atoms with van der Waals surface area (Å²) >= 11 is 7.38. The molecule has 2 rings (SSSR count). The lowest BCUT2D eigenvalue weighted by atomic mass is 9.95. The summed E-state index contributed by atoms with van der Waals surface area (Å²) in [5.41, 5.74) is 0.467. The lowest BCUT2D eigenvalue weighted by Crippen LogP contribution is -2.30. The Morgan fingerprint density at radius 1 is 1.17 bits per heavy atom. The molecule has 1 aromatic carbocycles. The van der Waals surface area contributed by atoms with Crippen LogP contribution >= 0.6 is 22.9 Å². The Morgan fingerprint density at radius 2 is 1.83 bits per heavy atom. The van der Waals surface area contributed by atoms with Crippen molar-refractivity contribution in [3.8, 4) is 0 Å². The number of anilines is 1. The molecule has 1 aromatic heterocycles. The number of para-hydroxylation sites is 1. The molecule has 0 bridgehead atoms. The van der Waals surface area contributed by atoms with Gasteiger partial charge in [-0.1, -0.05) is 44.5 Å². The number of carbonyl (C=O) groups excluding carboxylic acids is 2. The van der Waals surface area contributed by atoms with Gasteiger partial charge in [-0.2, -0.15) is 0 Å². The molecule has 0 saturated heterocycles. The predicted octanol–water partition coefficient (Wildman–Crippen LogP) is 4.66. The van der Waals surface area contributed by atoms with Crippen LogP contribution in [0.2, 0.25) is 4.34 Å². The molecule has 0 aliphatic carbocycles. The Labute approximate surface area is 151 Å². The highest BCUT2D eigenvalue weighted by atomic mass is 35.5. The number of hydrogen-bond acceptors (Lipinski definition) is 3. The Balaban J connectivity index is 2.18. The summed E-state index contributed by atoms with van der Waals surface area (Å²) in [5, 5.41) is 2.85. The van der Waals surface area contributed by atoms with Gasteiger partial charge in [-0.05, 0) is 24.3 Å². The van der Waals surface area contributed by atoms with E-state index in [0.29, 0.717) is 22.1 Å². The zero-order valence-electron chi connectivity index (χ0n) is 14.2. The van der Waals surface area contributed by atoms with Gasteiger partial charge in [-0.15, -0.1) is 11.3 Å². The summed E-state index contributed by atoms with van der Waals surface area (Å²) in [6.07, 6.45) is 0. The molecule has 1 N–H and O–H groups in total. The molecule has 0 radical (unpaired) electrons. The van der Waals surface area contributed by atoms with Crippen LogP contribution in [0.25, 0.3) is 0 Å². The van der Waals surface area contributed by atoms with Crippen LogP contribution in [-0.2, 0) is 11.3 Å². The topological polar surface area (TPSA) is 49.4 Å². The van der Waals surface area contributed by atoms with Crippen molar-refractivity contribution < 1.29 is 9.59 Å². The van der Waals surface area contributed by atoms with Gasteiger partial charge in [0.25, 0.3) is 5.91 Å². The molecule has 0 aliphatic heterocycles. The SMILES string of the molecule is CN(Cc1ccc(Cl)s1)C(=O)c1ccccc1NC(=O)C(C)(C)C. The van der Waals surface area contributed by atoms with Crippen molar-refractivity contribution in [1.82, 2.24) is 4.90 Å². The number of thiophene rings is 1.